The van der Waals surface area contributed by atoms with Crippen LogP contribution in [-0.2, 0) is 4.74 Å². The molecule has 0 radical (unpaired) electrons. The Morgan fingerprint density at radius 1 is 1.33 bits per heavy atom. The highest BCUT2D eigenvalue weighted by molar-refractivity contribution is 4.82. The Hall–Kier alpha value is -0.0400. The third-order valence-electron chi connectivity index (χ3n) is 2.84. The Morgan fingerprint density at radius 3 is 2.44 bits per heavy atom. The first-order valence-corrected chi connectivity index (χ1v) is 3.98. The summed E-state index contributed by atoms with van der Waals surface area (Å²) in [6, 6.07) is 0. The second-order valence-corrected chi connectivity index (χ2v) is 3.51. The van der Waals surface area contributed by atoms with Gasteiger partial charge in [-0.15, -0.1) is 0 Å². The SMILES string of the molecule is CC1CC2CCC1CO2. The lowest BCUT2D eigenvalue weighted by molar-refractivity contribution is -0.0880. The van der Waals surface area contributed by atoms with Crippen molar-refractivity contribution >= 4 is 0 Å². The molecule has 0 amide bonds. The molecular formula is C8H14O. The Labute approximate surface area is 56.4 Å². The summed E-state index contributed by atoms with van der Waals surface area (Å²) in [7, 11) is 0. The molecule has 0 aromatic rings. The van der Waals surface area contributed by atoms with Crippen molar-refractivity contribution in [2.75, 3.05) is 6.61 Å². The topological polar surface area (TPSA) is 9.23 Å². The van der Waals surface area contributed by atoms with Crippen molar-refractivity contribution in [3.05, 3.63) is 0 Å². The summed E-state index contributed by atoms with van der Waals surface area (Å²) >= 11 is 0. The number of fused-ring (bicyclic) bond motifs is 3. The molecule has 3 rings (SSSR count). The highest BCUT2D eigenvalue weighted by Crippen LogP contribution is 2.36. The second kappa shape index (κ2) is 1.98. The normalized spacial score (nSPS) is 49.7. The summed E-state index contributed by atoms with van der Waals surface area (Å²) < 4.78 is 5.55. The van der Waals surface area contributed by atoms with Crippen LogP contribution in [0.4, 0.5) is 0 Å². The number of ether oxygens (including phenoxy) is 1. The highest BCUT2D eigenvalue weighted by Gasteiger charge is 2.33. The van der Waals surface area contributed by atoms with E-state index >= 15 is 0 Å². The molecule has 0 N–H and O–H groups in total. The fraction of sp³-hybridized carbons (Fsp3) is 1.00. The molecule has 9 heavy (non-hydrogen) atoms. The van der Waals surface area contributed by atoms with Gasteiger partial charge in [-0.3, -0.25) is 0 Å². The summed E-state index contributed by atoms with van der Waals surface area (Å²) in [6.45, 7) is 3.41. The van der Waals surface area contributed by atoms with Gasteiger partial charge in [0.1, 0.15) is 0 Å². The van der Waals surface area contributed by atoms with E-state index in [1.54, 1.807) is 0 Å². The lowest BCUT2D eigenvalue weighted by Gasteiger charge is -2.40. The van der Waals surface area contributed by atoms with Gasteiger partial charge in [0, 0.05) is 0 Å². The van der Waals surface area contributed by atoms with E-state index in [0.717, 1.165) is 18.4 Å². The monoisotopic (exact) mass is 126 g/mol. The molecule has 3 fully saturated rings. The smallest absolute Gasteiger partial charge is 0.0578 e. The Bertz CT molecular complexity index is 103. The first kappa shape index (κ1) is 5.72. The molecule has 3 aliphatic rings. The van der Waals surface area contributed by atoms with Gasteiger partial charge in [-0.1, -0.05) is 6.92 Å². The van der Waals surface area contributed by atoms with Gasteiger partial charge in [-0.25, -0.2) is 0 Å². The van der Waals surface area contributed by atoms with Gasteiger partial charge in [0.25, 0.3) is 0 Å². The van der Waals surface area contributed by atoms with Crippen molar-refractivity contribution in [1.29, 1.82) is 0 Å². The summed E-state index contributed by atoms with van der Waals surface area (Å²) in [6.07, 6.45) is 4.70. The standard InChI is InChI=1S/C8H14O/c1-6-4-8-3-2-7(6)5-9-8/h6-8H,2-5H2,1H3. The van der Waals surface area contributed by atoms with E-state index in [2.05, 4.69) is 6.92 Å². The van der Waals surface area contributed by atoms with Gasteiger partial charge in [0.05, 0.1) is 12.7 Å². The highest BCUT2D eigenvalue weighted by atomic mass is 16.5. The zero-order valence-corrected chi connectivity index (χ0v) is 5.97. The van der Waals surface area contributed by atoms with Gasteiger partial charge < -0.3 is 4.74 Å². The van der Waals surface area contributed by atoms with Crippen LogP contribution in [0.1, 0.15) is 26.2 Å². The molecule has 1 nitrogen and oxygen atoms in total. The summed E-state index contributed by atoms with van der Waals surface area (Å²) in [5, 5.41) is 0. The molecule has 0 spiro atoms. The van der Waals surface area contributed by atoms with Gasteiger partial charge in [0.15, 0.2) is 0 Å². The van der Waals surface area contributed by atoms with Crippen molar-refractivity contribution in [1.82, 2.24) is 0 Å². The minimum atomic E-state index is 0.630. The van der Waals surface area contributed by atoms with Crippen molar-refractivity contribution in [3.63, 3.8) is 0 Å². The predicted octanol–water partition coefficient (Wildman–Crippen LogP) is 1.82. The van der Waals surface area contributed by atoms with E-state index in [1.165, 1.54) is 19.3 Å². The molecule has 2 heterocycles. The van der Waals surface area contributed by atoms with Crippen LogP contribution in [0.5, 0.6) is 0 Å². The van der Waals surface area contributed by atoms with Crippen molar-refractivity contribution in [2.45, 2.75) is 32.3 Å². The Kier molecular flexibility index (Phi) is 1.26. The van der Waals surface area contributed by atoms with Crippen molar-refractivity contribution in [3.8, 4) is 0 Å². The van der Waals surface area contributed by atoms with Crippen LogP contribution < -0.4 is 0 Å². The molecule has 2 aliphatic heterocycles. The van der Waals surface area contributed by atoms with Crippen molar-refractivity contribution in [2.24, 2.45) is 11.8 Å². The van der Waals surface area contributed by atoms with Gasteiger partial charge >= 0.3 is 0 Å². The first-order chi connectivity index (χ1) is 4.36. The Morgan fingerprint density at radius 2 is 2.22 bits per heavy atom. The van der Waals surface area contributed by atoms with Crippen LogP contribution in [0, 0.1) is 11.8 Å². The molecule has 0 aromatic heterocycles. The zero-order valence-electron chi connectivity index (χ0n) is 5.97. The van der Waals surface area contributed by atoms with E-state index < -0.39 is 0 Å². The van der Waals surface area contributed by atoms with Gasteiger partial charge in [-0.2, -0.15) is 0 Å². The molecule has 52 valence electrons. The molecule has 3 atom stereocenters. The van der Waals surface area contributed by atoms with Crippen LogP contribution in [0.15, 0.2) is 0 Å². The maximum absolute atomic E-state index is 5.55. The fourth-order valence-corrected chi connectivity index (χ4v) is 2.07. The molecule has 1 aliphatic carbocycles. The maximum atomic E-state index is 5.55. The summed E-state index contributed by atoms with van der Waals surface area (Å²) in [4.78, 5) is 0. The molecule has 2 bridgehead atoms. The minimum Gasteiger partial charge on any atom is -0.378 e. The lowest BCUT2D eigenvalue weighted by Crippen LogP contribution is -2.38. The van der Waals surface area contributed by atoms with Crippen LogP contribution in [0.3, 0.4) is 0 Å². The van der Waals surface area contributed by atoms with Crippen LogP contribution >= 0.6 is 0 Å². The fourth-order valence-electron chi connectivity index (χ4n) is 2.07. The van der Waals surface area contributed by atoms with Crippen LogP contribution in [0.2, 0.25) is 0 Å². The lowest BCUT2D eigenvalue weighted by atomic mass is 9.77. The van der Waals surface area contributed by atoms with E-state index in [4.69, 9.17) is 4.74 Å². The zero-order chi connectivity index (χ0) is 6.27. The third-order valence-corrected chi connectivity index (χ3v) is 2.84. The van der Waals surface area contributed by atoms with E-state index in [9.17, 15) is 0 Å². The van der Waals surface area contributed by atoms with E-state index in [0.29, 0.717) is 6.10 Å². The summed E-state index contributed by atoms with van der Waals surface area (Å²) in [5.74, 6) is 1.84. The number of hydrogen-bond acceptors (Lipinski definition) is 1. The molecule has 3 unspecified atom stereocenters. The molecular weight excluding hydrogens is 112 g/mol. The largest absolute Gasteiger partial charge is 0.378 e. The summed E-state index contributed by atoms with van der Waals surface area (Å²) in [5.41, 5.74) is 0. The Balaban J connectivity index is 2.06. The van der Waals surface area contributed by atoms with E-state index in [-0.39, 0.29) is 0 Å². The second-order valence-electron chi connectivity index (χ2n) is 3.51. The van der Waals surface area contributed by atoms with Crippen LogP contribution in [-0.4, -0.2) is 12.7 Å². The quantitative estimate of drug-likeness (QED) is 0.481. The van der Waals surface area contributed by atoms with Crippen LogP contribution in [0.25, 0.3) is 0 Å². The van der Waals surface area contributed by atoms with Gasteiger partial charge in [-0.05, 0) is 31.1 Å². The number of hydrogen-bond donors (Lipinski definition) is 0. The first-order valence-electron chi connectivity index (χ1n) is 3.98. The molecule has 0 aromatic carbocycles. The minimum absolute atomic E-state index is 0.630. The van der Waals surface area contributed by atoms with Crippen molar-refractivity contribution < 1.29 is 4.74 Å². The average molecular weight is 126 g/mol. The maximum Gasteiger partial charge on any atom is 0.0578 e. The van der Waals surface area contributed by atoms with E-state index in [1.807, 2.05) is 0 Å². The predicted molar refractivity (Wildman–Crippen MR) is 36.2 cm³/mol. The third kappa shape index (κ3) is 0.877. The molecule has 1 saturated carbocycles. The van der Waals surface area contributed by atoms with Gasteiger partial charge in [0.2, 0.25) is 0 Å². The number of rotatable bonds is 0. The molecule has 2 saturated heterocycles. The molecule has 1 heteroatoms. The average Bonchev–Trinajstić information content (AvgIpc) is 1.90.